The van der Waals surface area contributed by atoms with Crippen LogP contribution in [0.5, 0.6) is 0 Å². The molecular formula is C16H19ClN4. The number of halogens is 1. The molecule has 0 radical (unpaired) electrons. The van der Waals surface area contributed by atoms with Crippen LogP contribution in [0.2, 0.25) is 5.02 Å². The first kappa shape index (κ1) is 14.2. The van der Waals surface area contributed by atoms with Gasteiger partial charge in [-0.05, 0) is 30.3 Å². The molecule has 4 nitrogen and oxygen atoms in total. The maximum absolute atomic E-state index is 6.06. The number of hydrogen-bond donors (Lipinski definition) is 1. The number of nitrogens with two attached hydrogens (primary N) is 1. The molecule has 0 saturated carbocycles. The molecule has 1 aliphatic rings. The smallest absolute Gasteiger partial charge is 0.0772 e. The van der Waals surface area contributed by atoms with E-state index in [1.165, 1.54) is 5.69 Å². The van der Waals surface area contributed by atoms with Gasteiger partial charge in [0.05, 0.1) is 11.4 Å². The van der Waals surface area contributed by atoms with Crippen LogP contribution in [-0.2, 0) is 6.54 Å². The van der Waals surface area contributed by atoms with E-state index in [1.54, 1.807) is 6.20 Å². The Morgan fingerprint density at radius 3 is 2.62 bits per heavy atom. The Kier molecular flexibility index (Phi) is 4.27. The predicted octanol–water partition coefficient (Wildman–Crippen LogP) is 2.64. The monoisotopic (exact) mass is 302 g/mol. The summed E-state index contributed by atoms with van der Waals surface area (Å²) in [4.78, 5) is 9.12. The molecule has 5 heteroatoms. The van der Waals surface area contributed by atoms with Crippen molar-refractivity contribution in [1.82, 2.24) is 9.88 Å². The standard InChI is InChI=1S/C16H19ClN4/c17-13-3-1-4-14(11-13)21-9-7-20(8-10-21)12-16-15(18)5-2-6-19-16/h1-6,11H,7-10,12,18H2. The summed E-state index contributed by atoms with van der Waals surface area (Å²) in [6.45, 7) is 4.81. The summed E-state index contributed by atoms with van der Waals surface area (Å²) < 4.78 is 0. The topological polar surface area (TPSA) is 45.4 Å². The Bertz CT molecular complexity index is 609. The Labute approximate surface area is 130 Å². The number of pyridine rings is 1. The van der Waals surface area contributed by atoms with Crippen molar-refractivity contribution in [2.45, 2.75) is 6.54 Å². The molecule has 3 rings (SSSR count). The van der Waals surface area contributed by atoms with E-state index in [4.69, 9.17) is 17.3 Å². The van der Waals surface area contributed by atoms with Crippen LogP contribution in [0.1, 0.15) is 5.69 Å². The van der Waals surface area contributed by atoms with E-state index in [1.807, 2.05) is 30.3 Å². The number of piperazine rings is 1. The highest BCUT2D eigenvalue weighted by atomic mass is 35.5. The van der Waals surface area contributed by atoms with Gasteiger partial charge in [-0.15, -0.1) is 0 Å². The quantitative estimate of drug-likeness (QED) is 0.947. The number of anilines is 2. The molecule has 1 saturated heterocycles. The van der Waals surface area contributed by atoms with Crippen molar-refractivity contribution in [3.05, 3.63) is 53.3 Å². The van der Waals surface area contributed by atoms with E-state index in [2.05, 4.69) is 20.9 Å². The van der Waals surface area contributed by atoms with Gasteiger partial charge >= 0.3 is 0 Å². The van der Waals surface area contributed by atoms with Crippen molar-refractivity contribution in [2.75, 3.05) is 36.8 Å². The molecule has 1 aromatic heterocycles. The molecule has 0 aliphatic carbocycles. The molecular weight excluding hydrogens is 284 g/mol. The van der Waals surface area contributed by atoms with Gasteiger partial charge in [-0.3, -0.25) is 9.88 Å². The summed E-state index contributed by atoms with van der Waals surface area (Å²) in [5, 5.41) is 0.788. The van der Waals surface area contributed by atoms with Crippen molar-refractivity contribution >= 4 is 23.0 Å². The van der Waals surface area contributed by atoms with E-state index >= 15 is 0 Å². The van der Waals surface area contributed by atoms with Crippen LogP contribution in [0.15, 0.2) is 42.6 Å². The average Bonchev–Trinajstić information content (AvgIpc) is 2.50. The van der Waals surface area contributed by atoms with Gasteiger partial charge in [0.15, 0.2) is 0 Å². The second-order valence-electron chi connectivity index (χ2n) is 5.28. The zero-order valence-electron chi connectivity index (χ0n) is 11.9. The summed E-state index contributed by atoms with van der Waals surface area (Å²) in [7, 11) is 0. The van der Waals surface area contributed by atoms with Crippen LogP contribution >= 0.6 is 11.6 Å². The maximum Gasteiger partial charge on any atom is 0.0772 e. The Morgan fingerprint density at radius 2 is 1.90 bits per heavy atom. The molecule has 1 aliphatic heterocycles. The molecule has 2 aromatic rings. The zero-order chi connectivity index (χ0) is 14.7. The third-order valence-electron chi connectivity index (χ3n) is 3.84. The maximum atomic E-state index is 6.06. The van der Waals surface area contributed by atoms with Crippen LogP contribution in [0.3, 0.4) is 0 Å². The first-order valence-corrected chi connectivity index (χ1v) is 7.52. The lowest BCUT2D eigenvalue weighted by Crippen LogP contribution is -2.46. The minimum atomic E-state index is 0.773. The summed E-state index contributed by atoms with van der Waals surface area (Å²) >= 11 is 6.06. The number of nitrogens with zero attached hydrogens (tertiary/aromatic N) is 3. The minimum absolute atomic E-state index is 0.773. The lowest BCUT2D eigenvalue weighted by molar-refractivity contribution is 0.247. The second kappa shape index (κ2) is 6.33. The van der Waals surface area contributed by atoms with E-state index in [0.717, 1.165) is 49.1 Å². The molecule has 0 atom stereocenters. The molecule has 110 valence electrons. The van der Waals surface area contributed by atoms with Crippen LogP contribution in [0.4, 0.5) is 11.4 Å². The highest BCUT2D eigenvalue weighted by Gasteiger charge is 2.18. The Hall–Kier alpha value is -1.78. The van der Waals surface area contributed by atoms with E-state index in [9.17, 15) is 0 Å². The number of aromatic nitrogens is 1. The predicted molar refractivity (Wildman–Crippen MR) is 87.6 cm³/mol. The first-order chi connectivity index (χ1) is 10.2. The minimum Gasteiger partial charge on any atom is -0.397 e. The highest BCUT2D eigenvalue weighted by Crippen LogP contribution is 2.21. The number of hydrogen-bond acceptors (Lipinski definition) is 4. The molecule has 0 amide bonds. The van der Waals surface area contributed by atoms with Crippen LogP contribution in [0, 0.1) is 0 Å². The Balaban J connectivity index is 1.59. The second-order valence-corrected chi connectivity index (χ2v) is 5.72. The molecule has 2 N–H and O–H groups in total. The third kappa shape index (κ3) is 3.46. The fourth-order valence-electron chi connectivity index (χ4n) is 2.63. The fourth-order valence-corrected chi connectivity index (χ4v) is 2.82. The number of rotatable bonds is 3. The van der Waals surface area contributed by atoms with Crippen molar-refractivity contribution in [1.29, 1.82) is 0 Å². The van der Waals surface area contributed by atoms with E-state index in [0.29, 0.717) is 0 Å². The van der Waals surface area contributed by atoms with Crippen LogP contribution in [-0.4, -0.2) is 36.1 Å². The lowest BCUT2D eigenvalue weighted by Gasteiger charge is -2.36. The Morgan fingerprint density at radius 1 is 1.10 bits per heavy atom. The van der Waals surface area contributed by atoms with Crippen molar-refractivity contribution < 1.29 is 0 Å². The van der Waals surface area contributed by atoms with Gasteiger partial charge in [0.2, 0.25) is 0 Å². The molecule has 2 heterocycles. The highest BCUT2D eigenvalue weighted by molar-refractivity contribution is 6.30. The van der Waals surface area contributed by atoms with Gasteiger partial charge in [0.1, 0.15) is 0 Å². The van der Waals surface area contributed by atoms with Gasteiger partial charge in [-0.1, -0.05) is 17.7 Å². The van der Waals surface area contributed by atoms with Gasteiger partial charge in [-0.2, -0.15) is 0 Å². The summed E-state index contributed by atoms with van der Waals surface area (Å²) in [5.74, 6) is 0. The normalized spacial score (nSPS) is 16.1. The largest absolute Gasteiger partial charge is 0.397 e. The summed E-state index contributed by atoms with van der Waals surface area (Å²) in [5.41, 5.74) is 8.89. The molecule has 0 spiro atoms. The van der Waals surface area contributed by atoms with Gasteiger partial charge in [0.25, 0.3) is 0 Å². The molecule has 0 unspecified atom stereocenters. The van der Waals surface area contributed by atoms with Crippen LogP contribution in [0.25, 0.3) is 0 Å². The van der Waals surface area contributed by atoms with E-state index in [-0.39, 0.29) is 0 Å². The third-order valence-corrected chi connectivity index (χ3v) is 4.08. The fraction of sp³-hybridized carbons (Fsp3) is 0.312. The molecule has 21 heavy (non-hydrogen) atoms. The SMILES string of the molecule is Nc1cccnc1CN1CCN(c2cccc(Cl)c2)CC1. The molecule has 1 aromatic carbocycles. The van der Waals surface area contributed by atoms with Crippen molar-refractivity contribution in [3.63, 3.8) is 0 Å². The average molecular weight is 303 g/mol. The summed E-state index contributed by atoms with van der Waals surface area (Å²) in [6, 6.07) is 11.8. The molecule has 1 fully saturated rings. The number of nitrogen functional groups attached to an aromatic ring is 1. The lowest BCUT2D eigenvalue weighted by atomic mass is 10.2. The van der Waals surface area contributed by atoms with E-state index < -0.39 is 0 Å². The van der Waals surface area contributed by atoms with Crippen molar-refractivity contribution in [3.8, 4) is 0 Å². The number of benzene rings is 1. The first-order valence-electron chi connectivity index (χ1n) is 7.14. The molecule has 0 bridgehead atoms. The van der Waals surface area contributed by atoms with Gasteiger partial charge in [0, 0.05) is 49.6 Å². The zero-order valence-corrected chi connectivity index (χ0v) is 12.6. The van der Waals surface area contributed by atoms with Gasteiger partial charge in [-0.25, -0.2) is 0 Å². The van der Waals surface area contributed by atoms with Crippen molar-refractivity contribution in [2.24, 2.45) is 0 Å². The summed E-state index contributed by atoms with van der Waals surface area (Å²) in [6.07, 6.45) is 1.80. The van der Waals surface area contributed by atoms with Gasteiger partial charge < -0.3 is 10.6 Å². The van der Waals surface area contributed by atoms with Crippen LogP contribution < -0.4 is 10.6 Å².